The average Bonchev–Trinajstić information content (AvgIpc) is 1.88. The number of rotatable bonds is 2. The van der Waals surface area contributed by atoms with Crippen LogP contribution in [0.2, 0.25) is 0 Å². The topological polar surface area (TPSA) is 26.3 Å². The van der Waals surface area contributed by atoms with Gasteiger partial charge in [-0.25, -0.2) is 4.79 Å². The van der Waals surface area contributed by atoms with Crippen molar-refractivity contribution in [3.8, 4) is 0 Å². The molecule has 0 saturated carbocycles. The van der Waals surface area contributed by atoms with Crippen molar-refractivity contribution in [2.75, 3.05) is 0 Å². The van der Waals surface area contributed by atoms with E-state index in [1.807, 2.05) is 6.08 Å². The average molecular weight is 140 g/mol. The molecule has 0 saturated heterocycles. The molecule has 0 spiro atoms. The predicted octanol–water partition coefficient (Wildman–Crippen LogP) is 1.66. The van der Waals surface area contributed by atoms with E-state index >= 15 is 0 Å². The zero-order valence-corrected chi connectivity index (χ0v) is 6.17. The van der Waals surface area contributed by atoms with Gasteiger partial charge in [0, 0.05) is 12.5 Å². The summed E-state index contributed by atoms with van der Waals surface area (Å²) < 4.78 is 5.00. The highest BCUT2D eigenvalue weighted by atomic mass is 16.5. The Morgan fingerprint density at radius 1 is 1.80 bits per heavy atom. The van der Waals surface area contributed by atoms with Gasteiger partial charge >= 0.3 is 5.97 Å². The van der Waals surface area contributed by atoms with Gasteiger partial charge in [0.25, 0.3) is 0 Å². The molecule has 0 fully saturated rings. The molecule has 2 heteroatoms. The molecule has 0 aliphatic carbocycles. The van der Waals surface area contributed by atoms with E-state index in [9.17, 15) is 4.79 Å². The summed E-state index contributed by atoms with van der Waals surface area (Å²) in [4.78, 5) is 10.6. The SMILES string of the molecule is CCC[C@@H]1CC=CC(=O)O1. The zero-order chi connectivity index (χ0) is 7.40. The van der Waals surface area contributed by atoms with Gasteiger partial charge in [-0.3, -0.25) is 0 Å². The summed E-state index contributed by atoms with van der Waals surface area (Å²) in [6.07, 6.45) is 6.46. The van der Waals surface area contributed by atoms with E-state index in [2.05, 4.69) is 6.92 Å². The van der Waals surface area contributed by atoms with Crippen molar-refractivity contribution in [3.63, 3.8) is 0 Å². The lowest BCUT2D eigenvalue weighted by atomic mass is 10.1. The number of esters is 1. The van der Waals surface area contributed by atoms with E-state index in [4.69, 9.17) is 4.74 Å². The van der Waals surface area contributed by atoms with Crippen LogP contribution in [0, 0.1) is 0 Å². The van der Waals surface area contributed by atoms with Gasteiger partial charge in [-0.1, -0.05) is 19.4 Å². The third-order valence-electron chi connectivity index (χ3n) is 1.55. The van der Waals surface area contributed by atoms with Gasteiger partial charge in [0.05, 0.1) is 0 Å². The lowest BCUT2D eigenvalue weighted by molar-refractivity contribution is -0.144. The normalized spacial score (nSPS) is 24.5. The van der Waals surface area contributed by atoms with Gasteiger partial charge < -0.3 is 4.74 Å². The number of hydrogen-bond donors (Lipinski definition) is 0. The smallest absolute Gasteiger partial charge is 0.330 e. The van der Waals surface area contributed by atoms with E-state index < -0.39 is 0 Å². The van der Waals surface area contributed by atoms with Crippen LogP contribution in [0.1, 0.15) is 26.2 Å². The Hall–Kier alpha value is -0.790. The maximum absolute atomic E-state index is 10.6. The van der Waals surface area contributed by atoms with Crippen LogP contribution in [0.3, 0.4) is 0 Å². The fourth-order valence-electron chi connectivity index (χ4n) is 1.07. The molecule has 0 aromatic carbocycles. The van der Waals surface area contributed by atoms with Crippen LogP contribution in [0.25, 0.3) is 0 Å². The number of carbonyl (C=O) groups is 1. The lowest BCUT2D eigenvalue weighted by Gasteiger charge is -2.17. The second-order valence-corrected chi connectivity index (χ2v) is 2.49. The standard InChI is InChI=1S/C8H12O2/c1-2-4-7-5-3-6-8(9)10-7/h3,6-7H,2,4-5H2,1H3/t7-/m1/s1. The summed E-state index contributed by atoms with van der Waals surface area (Å²) in [7, 11) is 0. The molecule has 1 aliphatic heterocycles. The molecule has 1 heterocycles. The monoisotopic (exact) mass is 140 g/mol. The first-order chi connectivity index (χ1) is 4.83. The summed E-state index contributed by atoms with van der Waals surface area (Å²) in [5, 5.41) is 0. The van der Waals surface area contributed by atoms with Crippen molar-refractivity contribution in [1.82, 2.24) is 0 Å². The second kappa shape index (κ2) is 3.40. The molecule has 0 unspecified atom stereocenters. The van der Waals surface area contributed by atoms with E-state index in [0.717, 1.165) is 19.3 Å². The molecule has 1 aliphatic rings. The first-order valence-electron chi connectivity index (χ1n) is 3.70. The van der Waals surface area contributed by atoms with Crippen molar-refractivity contribution in [2.24, 2.45) is 0 Å². The van der Waals surface area contributed by atoms with E-state index in [1.165, 1.54) is 6.08 Å². The Morgan fingerprint density at radius 2 is 2.60 bits per heavy atom. The summed E-state index contributed by atoms with van der Waals surface area (Å²) >= 11 is 0. The quantitative estimate of drug-likeness (QED) is 0.545. The van der Waals surface area contributed by atoms with Crippen molar-refractivity contribution < 1.29 is 9.53 Å². The van der Waals surface area contributed by atoms with Crippen molar-refractivity contribution in [1.29, 1.82) is 0 Å². The maximum atomic E-state index is 10.6. The summed E-state index contributed by atoms with van der Waals surface area (Å²) in [5.41, 5.74) is 0. The van der Waals surface area contributed by atoms with Gasteiger partial charge in [-0.05, 0) is 6.42 Å². The van der Waals surface area contributed by atoms with Crippen molar-refractivity contribution >= 4 is 5.97 Å². The Kier molecular flexibility index (Phi) is 2.49. The molecule has 0 aromatic rings. The molecule has 1 atom stereocenters. The lowest BCUT2D eigenvalue weighted by Crippen LogP contribution is -2.19. The summed E-state index contributed by atoms with van der Waals surface area (Å²) in [5.74, 6) is -0.190. The minimum Gasteiger partial charge on any atom is -0.459 e. The molecule has 2 nitrogen and oxygen atoms in total. The molecule has 10 heavy (non-hydrogen) atoms. The highest BCUT2D eigenvalue weighted by Crippen LogP contribution is 2.11. The van der Waals surface area contributed by atoms with Gasteiger partial charge in [0.2, 0.25) is 0 Å². The molecule has 1 rings (SSSR count). The van der Waals surface area contributed by atoms with Gasteiger partial charge in [0.15, 0.2) is 0 Å². The molecule has 0 radical (unpaired) electrons. The molecule has 0 amide bonds. The molecule has 0 aromatic heterocycles. The summed E-state index contributed by atoms with van der Waals surface area (Å²) in [6.45, 7) is 2.09. The van der Waals surface area contributed by atoms with Crippen LogP contribution in [0.4, 0.5) is 0 Å². The van der Waals surface area contributed by atoms with Crippen molar-refractivity contribution in [3.05, 3.63) is 12.2 Å². The summed E-state index contributed by atoms with van der Waals surface area (Å²) in [6, 6.07) is 0. The molecule has 56 valence electrons. The van der Waals surface area contributed by atoms with E-state index in [-0.39, 0.29) is 12.1 Å². The molecule has 0 N–H and O–H groups in total. The number of hydrogen-bond acceptors (Lipinski definition) is 2. The second-order valence-electron chi connectivity index (χ2n) is 2.49. The van der Waals surface area contributed by atoms with Crippen LogP contribution >= 0.6 is 0 Å². The Morgan fingerprint density at radius 3 is 3.20 bits per heavy atom. The highest BCUT2D eigenvalue weighted by molar-refractivity contribution is 5.82. The fraction of sp³-hybridized carbons (Fsp3) is 0.625. The van der Waals surface area contributed by atoms with Gasteiger partial charge in [-0.2, -0.15) is 0 Å². The molecule has 0 bridgehead atoms. The predicted molar refractivity (Wildman–Crippen MR) is 38.5 cm³/mol. The highest BCUT2D eigenvalue weighted by Gasteiger charge is 2.13. The zero-order valence-electron chi connectivity index (χ0n) is 6.17. The van der Waals surface area contributed by atoms with Crippen LogP contribution in [-0.4, -0.2) is 12.1 Å². The van der Waals surface area contributed by atoms with Gasteiger partial charge in [0.1, 0.15) is 6.10 Å². The largest absolute Gasteiger partial charge is 0.459 e. The Balaban J connectivity index is 2.36. The van der Waals surface area contributed by atoms with Crippen molar-refractivity contribution in [2.45, 2.75) is 32.3 Å². The van der Waals surface area contributed by atoms with Gasteiger partial charge in [-0.15, -0.1) is 0 Å². The van der Waals surface area contributed by atoms with Crippen LogP contribution in [-0.2, 0) is 9.53 Å². The first kappa shape index (κ1) is 7.32. The number of cyclic esters (lactones) is 1. The first-order valence-corrected chi connectivity index (χ1v) is 3.70. The Bertz CT molecular complexity index is 149. The minimum absolute atomic E-state index is 0.141. The number of ether oxygens (including phenoxy) is 1. The third-order valence-corrected chi connectivity index (χ3v) is 1.55. The molecular weight excluding hydrogens is 128 g/mol. The maximum Gasteiger partial charge on any atom is 0.330 e. The minimum atomic E-state index is -0.190. The van der Waals surface area contributed by atoms with E-state index in [0.29, 0.717) is 0 Å². The van der Waals surface area contributed by atoms with E-state index in [1.54, 1.807) is 0 Å². The van der Waals surface area contributed by atoms with Crippen LogP contribution < -0.4 is 0 Å². The number of carbonyl (C=O) groups excluding carboxylic acids is 1. The van der Waals surface area contributed by atoms with Crippen LogP contribution in [0.15, 0.2) is 12.2 Å². The molecular formula is C8H12O2. The van der Waals surface area contributed by atoms with Crippen LogP contribution in [0.5, 0.6) is 0 Å². The fourth-order valence-corrected chi connectivity index (χ4v) is 1.07. The third kappa shape index (κ3) is 1.87. The Labute approximate surface area is 60.9 Å².